The number of hydrogen-bond donors (Lipinski definition) is 2. The van der Waals surface area contributed by atoms with Crippen LogP contribution in [0.25, 0.3) is 11.0 Å². The first-order valence-corrected chi connectivity index (χ1v) is 8.64. The van der Waals surface area contributed by atoms with E-state index in [1.54, 1.807) is 18.6 Å². The Balaban J connectivity index is 1.48. The summed E-state index contributed by atoms with van der Waals surface area (Å²) in [5, 5.41) is 7.27. The summed E-state index contributed by atoms with van der Waals surface area (Å²) in [5.74, 6) is -0.123. The predicted molar refractivity (Wildman–Crippen MR) is 96.7 cm³/mol. The second kappa shape index (κ2) is 6.89. The molecule has 8 nitrogen and oxygen atoms in total. The lowest BCUT2D eigenvalue weighted by Crippen LogP contribution is -2.48. The fraction of sp³-hybridized carbons (Fsp3) is 0.389. The lowest BCUT2D eigenvalue weighted by molar-refractivity contribution is -0.0629. The molecule has 0 saturated carbocycles. The number of benzene rings is 1. The molecule has 0 unspecified atom stereocenters. The molecule has 136 valence electrons. The maximum atomic E-state index is 12.6. The molecule has 1 aliphatic rings. The van der Waals surface area contributed by atoms with Crippen molar-refractivity contribution in [1.29, 1.82) is 0 Å². The number of rotatable bonds is 4. The Morgan fingerprint density at radius 2 is 2.27 bits per heavy atom. The average molecular weight is 354 g/mol. The number of aromatic nitrogens is 4. The highest BCUT2D eigenvalue weighted by atomic mass is 16.5. The number of ether oxygens (including phenoxy) is 1. The number of aromatic amines is 1. The van der Waals surface area contributed by atoms with E-state index in [1.165, 1.54) is 0 Å². The monoisotopic (exact) mass is 354 g/mol. The van der Waals surface area contributed by atoms with E-state index in [0.717, 1.165) is 23.3 Å². The third-order valence-electron chi connectivity index (χ3n) is 4.91. The maximum absolute atomic E-state index is 12.6. The van der Waals surface area contributed by atoms with Crippen molar-refractivity contribution < 1.29 is 9.53 Å². The molecule has 1 fully saturated rings. The van der Waals surface area contributed by atoms with Crippen LogP contribution >= 0.6 is 0 Å². The van der Waals surface area contributed by atoms with Crippen molar-refractivity contribution in [2.24, 2.45) is 7.05 Å². The Kier molecular flexibility index (Phi) is 4.44. The third-order valence-corrected chi connectivity index (χ3v) is 4.91. The zero-order valence-electron chi connectivity index (χ0n) is 14.8. The second-order valence-electron chi connectivity index (χ2n) is 6.56. The Morgan fingerprint density at radius 1 is 1.38 bits per heavy atom. The van der Waals surface area contributed by atoms with Gasteiger partial charge in [0.1, 0.15) is 0 Å². The second-order valence-corrected chi connectivity index (χ2v) is 6.56. The standard InChI is InChI=1S/C18H22N6O2/c1-23-7-8-26-16(17(23)15-5-6-22-24(15)2)10-19-18(25)12-3-4-13-14(9-12)21-11-20-13/h3-6,9,11,16-17H,7-8,10H2,1-2H3,(H,19,25)(H,20,21)/t16-,17-/m0/s1. The van der Waals surface area contributed by atoms with Crippen LogP contribution in [0.1, 0.15) is 22.1 Å². The summed E-state index contributed by atoms with van der Waals surface area (Å²) in [4.78, 5) is 22.0. The van der Waals surface area contributed by atoms with Crippen LogP contribution in [0, 0.1) is 0 Å². The normalized spacial score (nSPS) is 21.2. The first-order chi connectivity index (χ1) is 12.6. The van der Waals surface area contributed by atoms with E-state index in [4.69, 9.17) is 4.74 Å². The zero-order valence-corrected chi connectivity index (χ0v) is 14.8. The molecule has 3 aromatic rings. The van der Waals surface area contributed by atoms with E-state index in [2.05, 4.69) is 32.3 Å². The van der Waals surface area contributed by atoms with E-state index in [-0.39, 0.29) is 18.1 Å². The van der Waals surface area contributed by atoms with Gasteiger partial charge in [0.25, 0.3) is 5.91 Å². The molecule has 1 aromatic carbocycles. The molecule has 0 radical (unpaired) electrons. The van der Waals surface area contributed by atoms with Crippen LogP contribution < -0.4 is 5.32 Å². The number of H-pyrrole nitrogens is 1. The van der Waals surface area contributed by atoms with E-state index < -0.39 is 0 Å². The Hall–Kier alpha value is -2.71. The third kappa shape index (κ3) is 3.09. The maximum Gasteiger partial charge on any atom is 0.251 e. The molecule has 8 heteroatoms. The molecule has 1 amide bonds. The SMILES string of the molecule is CN1CCO[C@@H](CNC(=O)c2ccc3nc[nH]c3c2)[C@@H]1c1ccnn1C. The van der Waals surface area contributed by atoms with Crippen molar-refractivity contribution in [1.82, 2.24) is 30.0 Å². The van der Waals surface area contributed by atoms with Gasteiger partial charge in [-0.25, -0.2) is 4.98 Å². The topological polar surface area (TPSA) is 88.1 Å². The van der Waals surface area contributed by atoms with Crippen LogP contribution in [0.2, 0.25) is 0 Å². The highest BCUT2D eigenvalue weighted by Gasteiger charge is 2.33. The molecule has 2 atom stereocenters. The van der Waals surface area contributed by atoms with Gasteiger partial charge in [-0.05, 0) is 31.3 Å². The van der Waals surface area contributed by atoms with Gasteiger partial charge in [0.15, 0.2) is 0 Å². The molecule has 1 aliphatic heterocycles. The molecule has 0 aliphatic carbocycles. The molecule has 3 heterocycles. The van der Waals surface area contributed by atoms with Gasteiger partial charge < -0.3 is 15.0 Å². The number of fused-ring (bicyclic) bond motifs is 1. The average Bonchev–Trinajstić information content (AvgIpc) is 3.27. The van der Waals surface area contributed by atoms with Crippen LogP contribution in [0.5, 0.6) is 0 Å². The number of morpholine rings is 1. The molecular formula is C18H22N6O2. The van der Waals surface area contributed by atoms with Gasteiger partial charge in [0.2, 0.25) is 0 Å². The van der Waals surface area contributed by atoms with Crippen molar-refractivity contribution in [3.8, 4) is 0 Å². The zero-order chi connectivity index (χ0) is 18.1. The fourth-order valence-electron chi connectivity index (χ4n) is 3.50. The molecular weight excluding hydrogens is 332 g/mol. The smallest absolute Gasteiger partial charge is 0.251 e. The van der Waals surface area contributed by atoms with Crippen LogP contribution in [0.3, 0.4) is 0 Å². The summed E-state index contributed by atoms with van der Waals surface area (Å²) in [6.45, 7) is 1.92. The summed E-state index contributed by atoms with van der Waals surface area (Å²) >= 11 is 0. The number of nitrogens with one attached hydrogen (secondary N) is 2. The van der Waals surface area contributed by atoms with E-state index in [9.17, 15) is 4.79 Å². The minimum absolute atomic E-state index is 0.0478. The van der Waals surface area contributed by atoms with Crippen molar-refractivity contribution in [2.75, 3.05) is 26.7 Å². The number of imidazole rings is 1. The fourth-order valence-corrected chi connectivity index (χ4v) is 3.50. The van der Waals surface area contributed by atoms with E-state index >= 15 is 0 Å². The molecule has 1 saturated heterocycles. The molecule has 0 spiro atoms. The van der Waals surface area contributed by atoms with Gasteiger partial charge in [0, 0.05) is 31.9 Å². The van der Waals surface area contributed by atoms with Crippen molar-refractivity contribution >= 4 is 16.9 Å². The highest BCUT2D eigenvalue weighted by molar-refractivity contribution is 5.97. The number of nitrogens with zero attached hydrogens (tertiary/aromatic N) is 4. The number of carbonyl (C=O) groups is 1. The van der Waals surface area contributed by atoms with Gasteiger partial charge in [-0.15, -0.1) is 0 Å². The van der Waals surface area contributed by atoms with Crippen molar-refractivity contribution in [3.63, 3.8) is 0 Å². The number of aryl methyl sites for hydroxylation is 1. The largest absolute Gasteiger partial charge is 0.373 e. The first kappa shape index (κ1) is 16.7. The van der Waals surface area contributed by atoms with Gasteiger partial charge in [-0.2, -0.15) is 5.10 Å². The summed E-state index contributed by atoms with van der Waals surface area (Å²) < 4.78 is 7.83. The molecule has 2 aromatic heterocycles. The van der Waals surface area contributed by atoms with Gasteiger partial charge in [-0.3, -0.25) is 14.4 Å². The quantitative estimate of drug-likeness (QED) is 0.732. The minimum atomic E-state index is -0.135. The molecule has 0 bridgehead atoms. The van der Waals surface area contributed by atoms with E-state index in [0.29, 0.717) is 18.7 Å². The summed E-state index contributed by atoms with van der Waals surface area (Å²) in [5.41, 5.74) is 3.36. The Bertz CT molecular complexity index is 917. The number of amides is 1. The number of likely N-dealkylation sites (N-methyl/N-ethyl adjacent to an activating group) is 1. The lowest BCUT2D eigenvalue weighted by Gasteiger charge is -2.39. The van der Waals surface area contributed by atoms with Gasteiger partial charge >= 0.3 is 0 Å². The van der Waals surface area contributed by atoms with Crippen LogP contribution in [0.4, 0.5) is 0 Å². The highest BCUT2D eigenvalue weighted by Crippen LogP contribution is 2.27. The molecule has 2 N–H and O–H groups in total. The Morgan fingerprint density at radius 3 is 3.08 bits per heavy atom. The predicted octanol–water partition coefficient (Wildman–Crippen LogP) is 1.10. The number of hydrogen-bond acceptors (Lipinski definition) is 5. The van der Waals surface area contributed by atoms with E-state index in [1.807, 2.05) is 29.9 Å². The summed E-state index contributed by atoms with van der Waals surface area (Å²) in [6, 6.07) is 7.47. The molecule has 26 heavy (non-hydrogen) atoms. The lowest BCUT2D eigenvalue weighted by atomic mass is 10.0. The van der Waals surface area contributed by atoms with Gasteiger partial charge in [0.05, 0.1) is 41.8 Å². The Labute approximate surface area is 151 Å². The van der Waals surface area contributed by atoms with Crippen molar-refractivity contribution in [2.45, 2.75) is 12.1 Å². The molecule has 4 rings (SSSR count). The number of carbonyl (C=O) groups excluding carboxylic acids is 1. The van der Waals surface area contributed by atoms with Crippen LogP contribution in [-0.4, -0.2) is 63.4 Å². The summed E-state index contributed by atoms with van der Waals surface area (Å²) in [6.07, 6.45) is 3.27. The van der Waals surface area contributed by atoms with Crippen LogP contribution in [0.15, 0.2) is 36.8 Å². The van der Waals surface area contributed by atoms with Gasteiger partial charge in [-0.1, -0.05) is 0 Å². The first-order valence-electron chi connectivity index (χ1n) is 8.64. The van der Waals surface area contributed by atoms with Crippen LogP contribution in [-0.2, 0) is 11.8 Å². The van der Waals surface area contributed by atoms with Crippen molar-refractivity contribution in [3.05, 3.63) is 48.0 Å². The minimum Gasteiger partial charge on any atom is -0.373 e. The summed E-state index contributed by atoms with van der Waals surface area (Å²) in [7, 11) is 3.99.